The molecule has 0 aliphatic carbocycles. The van der Waals surface area contributed by atoms with Crippen LogP contribution in [-0.2, 0) is 4.74 Å². The topological polar surface area (TPSA) is 49.8 Å². The quantitative estimate of drug-likeness (QED) is 0.636. The second-order valence-corrected chi connectivity index (χ2v) is 4.95. The van der Waals surface area contributed by atoms with Crippen molar-refractivity contribution in [3.8, 4) is 11.8 Å². The van der Waals surface area contributed by atoms with E-state index in [2.05, 4.69) is 11.8 Å². The number of hydrogen-bond acceptors (Lipinski definition) is 4. The summed E-state index contributed by atoms with van der Waals surface area (Å²) in [5.41, 5.74) is 0. The molecule has 19 heavy (non-hydrogen) atoms. The van der Waals surface area contributed by atoms with E-state index in [1.54, 1.807) is 18.0 Å². The van der Waals surface area contributed by atoms with Crippen LogP contribution in [0.2, 0.25) is 0 Å². The van der Waals surface area contributed by atoms with Crippen molar-refractivity contribution < 1.29 is 14.6 Å². The maximum absolute atomic E-state index is 12.1. The Kier molecular flexibility index (Phi) is 7.19. The number of ether oxygens (including phenoxy) is 1. The molecule has 0 fully saturated rings. The van der Waals surface area contributed by atoms with E-state index in [1.807, 2.05) is 13.0 Å². The van der Waals surface area contributed by atoms with Crippen molar-refractivity contribution in [3.63, 3.8) is 0 Å². The monoisotopic (exact) mass is 281 g/mol. The fraction of sp³-hybridized carbons (Fsp3) is 0.500. The molecule has 0 radical (unpaired) electrons. The van der Waals surface area contributed by atoms with Gasteiger partial charge in [-0.2, -0.15) is 0 Å². The van der Waals surface area contributed by atoms with Gasteiger partial charge in [0.05, 0.1) is 23.0 Å². The maximum atomic E-state index is 12.1. The van der Waals surface area contributed by atoms with Gasteiger partial charge in [-0.25, -0.2) is 0 Å². The number of hydrogen-bond donors (Lipinski definition) is 1. The third-order valence-electron chi connectivity index (χ3n) is 2.39. The highest BCUT2D eigenvalue weighted by atomic mass is 32.1. The van der Waals surface area contributed by atoms with Gasteiger partial charge in [-0.3, -0.25) is 4.79 Å². The van der Waals surface area contributed by atoms with Gasteiger partial charge >= 0.3 is 0 Å². The molecule has 104 valence electrons. The predicted molar refractivity (Wildman–Crippen MR) is 76.4 cm³/mol. The highest BCUT2D eigenvalue weighted by Crippen LogP contribution is 2.17. The Balaban J connectivity index is 2.55. The molecular weight excluding hydrogens is 262 g/mol. The summed E-state index contributed by atoms with van der Waals surface area (Å²) in [7, 11) is 1.76. The lowest BCUT2D eigenvalue weighted by molar-refractivity contribution is 0.0714. The first-order valence-electron chi connectivity index (χ1n) is 6.21. The molecule has 1 aromatic heterocycles. The molecule has 0 aliphatic rings. The van der Waals surface area contributed by atoms with Crippen molar-refractivity contribution in [1.29, 1.82) is 0 Å². The van der Waals surface area contributed by atoms with Crippen LogP contribution in [0.25, 0.3) is 0 Å². The van der Waals surface area contributed by atoms with Crippen molar-refractivity contribution in [2.24, 2.45) is 0 Å². The van der Waals surface area contributed by atoms with E-state index in [0.29, 0.717) is 31.1 Å². The number of thiophene rings is 1. The highest BCUT2D eigenvalue weighted by Gasteiger charge is 2.13. The molecule has 0 saturated heterocycles. The normalized spacial score (nSPS) is 9.84. The van der Waals surface area contributed by atoms with Crippen molar-refractivity contribution in [1.82, 2.24) is 4.90 Å². The molecule has 1 heterocycles. The Morgan fingerprint density at radius 2 is 2.32 bits per heavy atom. The Hall–Kier alpha value is -1.35. The maximum Gasteiger partial charge on any atom is 0.263 e. The molecule has 0 spiro atoms. The average molecular weight is 281 g/mol. The first kappa shape index (κ1) is 15.7. The Labute approximate surface area is 118 Å². The Bertz CT molecular complexity index is 459. The first-order chi connectivity index (χ1) is 9.19. The van der Waals surface area contributed by atoms with Crippen LogP contribution in [0, 0.1) is 11.8 Å². The zero-order valence-corrected chi connectivity index (χ0v) is 12.1. The van der Waals surface area contributed by atoms with Crippen molar-refractivity contribution in [2.45, 2.75) is 13.3 Å². The molecule has 0 saturated carbocycles. The van der Waals surface area contributed by atoms with E-state index in [-0.39, 0.29) is 12.5 Å². The van der Waals surface area contributed by atoms with E-state index in [9.17, 15) is 4.79 Å². The fourth-order valence-electron chi connectivity index (χ4n) is 1.36. The van der Waals surface area contributed by atoms with E-state index >= 15 is 0 Å². The minimum absolute atomic E-state index is 0.0140. The van der Waals surface area contributed by atoms with Crippen LogP contribution in [0.3, 0.4) is 0 Å². The third-order valence-corrected chi connectivity index (χ3v) is 3.38. The van der Waals surface area contributed by atoms with Crippen molar-refractivity contribution >= 4 is 17.2 Å². The van der Waals surface area contributed by atoms with Crippen LogP contribution in [0.1, 0.15) is 27.9 Å². The molecule has 0 aromatic carbocycles. The summed E-state index contributed by atoms with van der Waals surface area (Å²) < 4.78 is 5.22. The lowest BCUT2D eigenvalue weighted by atomic mass is 10.3. The van der Waals surface area contributed by atoms with Crippen LogP contribution < -0.4 is 0 Å². The van der Waals surface area contributed by atoms with Crippen LogP contribution in [0.5, 0.6) is 0 Å². The summed E-state index contributed by atoms with van der Waals surface area (Å²) in [6.45, 7) is 3.78. The molecule has 0 bridgehead atoms. The third kappa shape index (κ3) is 5.43. The zero-order valence-electron chi connectivity index (χ0n) is 11.3. The van der Waals surface area contributed by atoms with Crippen molar-refractivity contribution in [2.75, 3.05) is 33.4 Å². The summed E-state index contributed by atoms with van der Waals surface area (Å²) in [6.07, 6.45) is 0.454. The summed E-state index contributed by atoms with van der Waals surface area (Å²) in [5, 5.41) is 8.64. The highest BCUT2D eigenvalue weighted by molar-refractivity contribution is 7.14. The van der Waals surface area contributed by atoms with Gasteiger partial charge in [0.1, 0.15) is 0 Å². The minimum atomic E-state index is -0.0140. The number of carbonyl (C=O) groups excluding carboxylic acids is 1. The molecule has 1 N–H and O–H groups in total. The number of aliphatic hydroxyl groups is 1. The minimum Gasteiger partial charge on any atom is -0.395 e. The van der Waals surface area contributed by atoms with Gasteiger partial charge in [0, 0.05) is 26.6 Å². The predicted octanol–water partition coefficient (Wildman–Crippen LogP) is 1.59. The molecule has 1 aromatic rings. The van der Waals surface area contributed by atoms with Crippen molar-refractivity contribution in [3.05, 3.63) is 21.9 Å². The van der Waals surface area contributed by atoms with E-state index in [4.69, 9.17) is 9.84 Å². The van der Waals surface area contributed by atoms with Crippen LogP contribution in [-0.4, -0.2) is 49.3 Å². The van der Waals surface area contributed by atoms with Gasteiger partial charge in [-0.05, 0) is 19.1 Å². The van der Waals surface area contributed by atoms with Gasteiger partial charge in [0.15, 0.2) is 0 Å². The van der Waals surface area contributed by atoms with Gasteiger partial charge in [0.2, 0.25) is 0 Å². The van der Waals surface area contributed by atoms with E-state index in [0.717, 1.165) is 4.88 Å². The molecule has 5 heteroatoms. The summed E-state index contributed by atoms with van der Waals surface area (Å²) in [5.74, 6) is 5.75. The smallest absolute Gasteiger partial charge is 0.263 e. The molecule has 0 aliphatic heterocycles. The van der Waals surface area contributed by atoms with Gasteiger partial charge < -0.3 is 14.7 Å². The second kappa shape index (κ2) is 8.70. The van der Waals surface area contributed by atoms with Gasteiger partial charge in [-0.1, -0.05) is 11.8 Å². The number of carbonyl (C=O) groups is 1. The largest absolute Gasteiger partial charge is 0.395 e. The lowest BCUT2D eigenvalue weighted by Crippen LogP contribution is -2.29. The summed E-state index contributed by atoms with van der Waals surface area (Å²) in [6, 6.07) is 3.62. The average Bonchev–Trinajstić information content (AvgIpc) is 2.87. The number of rotatable bonds is 6. The van der Waals surface area contributed by atoms with Gasteiger partial charge in [-0.15, -0.1) is 11.3 Å². The zero-order chi connectivity index (χ0) is 14.1. The first-order valence-corrected chi connectivity index (χ1v) is 7.03. The number of amides is 1. The molecule has 0 atom stereocenters. The Morgan fingerprint density at radius 1 is 1.53 bits per heavy atom. The number of nitrogens with zero attached hydrogens (tertiary/aromatic N) is 1. The van der Waals surface area contributed by atoms with E-state index in [1.165, 1.54) is 11.3 Å². The lowest BCUT2D eigenvalue weighted by Gasteiger charge is -2.15. The fourth-order valence-corrected chi connectivity index (χ4v) is 2.24. The Morgan fingerprint density at radius 3 is 3.00 bits per heavy atom. The molecule has 1 rings (SSSR count). The van der Waals surface area contributed by atoms with Crippen LogP contribution in [0.4, 0.5) is 0 Å². The van der Waals surface area contributed by atoms with Crippen LogP contribution in [0.15, 0.2) is 12.1 Å². The molecule has 0 unspecified atom stereocenters. The molecular formula is C14H19NO3S. The summed E-state index contributed by atoms with van der Waals surface area (Å²) >= 11 is 1.37. The molecule has 1 amide bonds. The van der Waals surface area contributed by atoms with Gasteiger partial charge in [0.25, 0.3) is 5.91 Å². The number of aliphatic hydroxyl groups excluding tert-OH is 1. The summed E-state index contributed by atoms with van der Waals surface area (Å²) in [4.78, 5) is 15.2. The van der Waals surface area contributed by atoms with Crippen LogP contribution >= 0.6 is 11.3 Å². The number of likely N-dealkylation sites (N-methyl/N-ethyl adjacent to an activating group) is 1. The second-order valence-electron chi connectivity index (χ2n) is 3.86. The standard InChI is InChI=1S/C14H19NO3S/c1-3-18-11-9-15(2)14(17)13-8-7-12(19-13)6-4-5-10-16/h7-8,16H,3,5,9-11H2,1-2H3. The van der Waals surface area contributed by atoms with E-state index < -0.39 is 0 Å². The molecule has 4 nitrogen and oxygen atoms in total. The SMILES string of the molecule is CCOCCN(C)C(=O)c1ccc(C#CCCO)s1.